The molecule has 0 heterocycles. The molecule has 1 unspecified atom stereocenters. The van der Waals surface area contributed by atoms with Crippen LogP contribution in [0.1, 0.15) is 26.2 Å². The zero-order chi connectivity index (χ0) is 8.91. The summed E-state index contributed by atoms with van der Waals surface area (Å²) in [5, 5.41) is -0.912. The third-order valence-electron chi connectivity index (χ3n) is 1.39. The van der Waals surface area contributed by atoms with Crippen molar-refractivity contribution >= 4 is 16.4 Å². The van der Waals surface area contributed by atoms with Gasteiger partial charge in [0.25, 0.3) is 10.1 Å². The van der Waals surface area contributed by atoms with Crippen molar-refractivity contribution in [3.05, 3.63) is 0 Å². The van der Waals surface area contributed by atoms with E-state index in [0.29, 0.717) is 19.1 Å². The van der Waals surface area contributed by atoms with Gasteiger partial charge < -0.3 is 4.79 Å². The first-order chi connectivity index (χ1) is 5.02. The fraction of sp³-hybridized carbons (Fsp3) is 0.833. The van der Waals surface area contributed by atoms with Gasteiger partial charge in [-0.25, -0.2) is 0 Å². The summed E-state index contributed by atoms with van der Waals surface area (Å²) in [5.41, 5.74) is 0. The minimum absolute atomic E-state index is 0.118. The largest absolute Gasteiger partial charge is 0.303 e. The molecule has 4 nitrogen and oxygen atoms in total. The summed E-state index contributed by atoms with van der Waals surface area (Å²) in [5.74, 6) is 0. The molecule has 1 N–H and O–H groups in total. The Bertz CT molecular complexity index is 207. The molecular formula is C6H12O4S. The van der Waals surface area contributed by atoms with Gasteiger partial charge in [-0.15, -0.1) is 0 Å². The summed E-state index contributed by atoms with van der Waals surface area (Å²) in [6, 6.07) is 0. The summed E-state index contributed by atoms with van der Waals surface area (Å²) in [6.45, 7) is 1.79. The monoisotopic (exact) mass is 180 g/mol. The smallest absolute Gasteiger partial charge is 0.268 e. The van der Waals surface area contributed by atoms with Gasteiger partial charge in [-0.1, -0.05) is 13.3 Å². The molecule has 0 bridgehead atoms. The Hall–Kier alpha value is -0.420. The van der Waals surface area contributed by atoms with Crippen molar-refractivity contribution in [3.63, 3.8) is 0 Å². The predicted molar refractivity (Wildman–Crippen MR) is 40.9 cm³/mol. The standard InChI is InChI=1S/C6H12O4S/c1-2-3-6(4-5-7)11(8,9)10/h5-6H,2-4H2,1H3,(H,8,9,10). The number of rotatable bonds is 5. The minimum atomic E-state index is -4.02. The van der Waals surface area contributed by atoms with E-state index in [-0.39, 0.29) is 6.42 Å². The van der Waals surface area contributed by atoms with Crippen molar-refractivity contribution in [1.82, 2.24) is 0 Å². The Morgan fingerprint density at radius 1 is 1.55 bits per heavy atom. The topological polar surface area (TPSA) is 71.4 Å². The van der Waals surface area contributed by atoms with Crippen LogP contribution in [0.3, 0.4) is 0 Å². The number of carbonyl (C=O) groups excluding carboxylic acids is 1. The highest BCUT2D eigenvalue weighted by atomic mass is 32.2. The molecule has 0 amide bonds. The highest BCUT2D eigenvalue weighted by Crippen LogP contribution is 2.09. The quantitative estimate of drug-likeness (QED) is 0.497. The van der Waals surface area contributed by atoms with Crippen LogP contribution in [0.4, 0.5) is 0 Å². The Balaban J connectivity index is 4.21. The van der Waals surface area contributed by atoms with E-state index in [1.54, 1.807) is 6.92 Å². The number of carbonyl (C=O) groups is 1. The molecule has 0 fully saturated rings. The summed E-state index contributed by atoms with van der Waals surface area (Å²) >= 11 is 0. The van der Waals surface area contributed by atoms with Crippen LogP contribution in [0.2, 0.25) is 0 Å². The van der Waals surface area contributed by atoms with Crippen molar-refractivity contribution in [2.24, 2.45) is 0 Å². The van der Waals surface area contributed by atoms with Crippen LogP contribution in [0.5, 0.6) is 0 Å². The van der Waals surface area contributed by atoms with Crippen molar-refractivity contribution in [3.8, 4) is 0 Å². The van der Waals surface area contributed by atoms with Gasteiger partial charge in [0.15, 0.2) is 0 Å². The van der Waals surface area contributed by atoms with Crippen LogP contribution in [-0.2, 0) is 14.9 Å². The van der Waals surface area contributed by atoms with Crippen LogP contribution < -0.4 is 0 Å². The Kier molecular flexibility index (Phi) is 4.29. The minimum Gasteiger partial charge on any atom is -0.303 e. The van der Waals surface area contributed by atoms with Gasteiger partial charge in [0.05, 0.1) is 5.25 Å². The molecule has 0 aromatic heterocycles. The van der Waals surface area contributed by atoms with Crippen LogP contribution in [-0.4, -0.2) is 24.5 Å². The summed E-state index contributed by atoms with van der Waals surface area (Å²) < 4.78 is 29.6. The van der Waals surface area contributed by atoms with Gasteiger partial charge >= 0.3 is 0 Å². The lowest BCUT2D eigenvalue weighted by molar-refractivity contribution is -0.107. The Morgan fingerprint density at radius 2 is 2.09 bits per heavy atom. The van der Waals surface area contributed by atoms with E-state index < -0.39 is 15.4 Å². The van der Waals surface area contributed by atoms with Gasteiger partial charge in [-0.2, -0.15) is 8.42 Å². The molecular weight excluding hydrogens is 168 g/mol. The van der Waals surface area contributed by atoms with E-state index >= 15 is 0 Å². The predicted octanol–water partition coefficient (Wildman–Crippen LogP) is 0.632. The lowest BCUT2D eigenvalue weighted by Gasteiger charge is -2.07. The molecule has 0 aliphatic heterocycles. The second kappa shape index (κ2) is 4.46. The maximum absolute atomic E-state index is 10.5. The summed E-state index contributed by atoms with van der Waals surface area (Å²) in [4.78, 5) is 9.96. The fourth-order valence-corrected chi connectivity index (χ4v) is 1.67. The second-order valence-corrected chi connectivity index (χ2v) is 4.02. The molecule has 0 rings (SSSR count). The molecule has 0 spiro atoms. The number of hydrogen-bond donors (Lipinski definition) is 1. The molecule has 0 aliphatic rings. The highest BCUT2D eigenvalue weighted by Gasteiger charge is 2.20. The maximum Gasteiger partial charge on any atom is 0.268 e. The molecule has 0 radical (unpaired) electrons. The normalized spacial score (nSPS) is 14.4. The maximum atomic E-state index is 10.5. The third kappa shape index (κ3) is 4.10. The molecule has 0 aromatic carbocycles. The van der Waals surface area contributed by atoms with E-state index in [0.717, 1.165) is 0 Å². The molecule has 66 valence electrons. The van der Waals surface area contributed by atoms with E-state index in [1.807, 2.05) is 0 Å². The van der Waals surface area contributed by atoms with Gasteiger partial charge in [0, 0.05) is 6.42 Å². The average molecular weight is 180 g/mol. The first-order valence-corrected chi connectivity index (χ1v) is 4.92. The highest BCUT2D eigenvalue weighted by molar-refractivity contribution is 7.86. The third-order valence-corrected chi connectivity index (χ3v) is 2.66. The zero-order valence-electron chi connectivity index (χ0n) is 6.36. The van der Waals surface area contributed by atoms with E-state index in [9.17, 15) is 13.2 Å². The summed E-state index contributed by atoms with van der Waals surface area (Å²) in [6.07, 6.45) is 1.36. The van der Waals surface area contributed by atoms with Crippen molar-refractivity contribution in [2.75, 3.05) is 0 Å². The molecule has 0 aromatic rings. The van der Waals surface area contributed by atoms with Gasteiger partial charge in [0.2, 0.25) is 0 Å². The molecule has 11 heavy (non-hydrogen) atoms. The Labute approximate surface area is 66.4 Å². The summed E-state index contributed by atoms with van der Waals surface area (Å²) in [7, 11) is -4.02. The first kappa shape index (κ1) is 10.6. The van der Waals surface area contributed by atoms with Crippen molar-refractivity contribution in [1.29, 1.82) is 0 Å². The van der Waals surface area contributed by atoms with Crippen molar-refractivity contribution in [2.45, 2.75) is 31.4 Å². The second-order valence-electron chi connectivity index (χ2n) is 2.33. The van der Waals surface area contributed by atoms with E-state index in [4.69, 9.17) is 4.55 Å². The van der Waals surface area contributed by atoms with E-state index in [1.165, 1.54) is 0 Å². The SMILES string of the molecule is CCCC(CC=O)S(=O)(=O)O. The lowest BCUT2D eigenvalue weighted by Crippen LogP contribution is -2.20. The molecule has 1 atom stereocenters. The lowest BCUT2D eigenvalue weighted by atomic mass is 10.2. The molecule has 0 saturated carbocycles. The van der Waals surface area contributed by atoms with Crippen LogP contribution in [0.15, 0.2) is 0 Å². The first-order valence-electron chi connectivity index (χ1n) is 3.42. The molecule has 5 heteroatoms. The van der Waals surface area contributed by atoms with E-state index in [2.05, 4.69) is 0 Å². The van der Waals surface area contributed by atoms with Gasteiger partial charge in [-0.3, -0.25) is 4.55 Å². The number of aldehydes is 1. The molecule has 0 aliphatic carbocycles. The average Bonchev–Trinajstić information content (AvgIpc) is 1.85. The zero-order valence-corrected chi connectivity index (χ0v) is 7.17. The van der Waals surface area contributed by atoms with Crippen LogP contribution in [0.25, 0.3) is 0 Å². The van der Waals surface area contributed by atoms with Crippen molar-refractivity contribution < 1.29 is 17.8 Å². The fourth-order valence-electron chi connectivity index (χ4n) is 0.818. The molecule has 0 saturated heterocycles. The van der Waals surface area contributed by atoms with Crippen LogP contribution in [0, 0.1) is 0 Å². The van der Waals surface area contributed by atoms with Gasteiger partial charge in [0.1, 0.15) is 6.29 Å². The van der Waals surface area contributed by atoms with Crippen LogP contribution >= 0.6 is 0 Å². The van der Waals surface area contributed by atoms with Gasteiger partial charge in [-0.05, 0) is 6.42 Å². The Morgan fingerprint density at radius 3 is 2.36 bits per heavy atom. The number of hydrogen-bond acceptors (Lipinski definition) is 3.